The van der Waals surface area contributed by atoms with Crippen molar-refractivity contribution >= 4 is 5.71 Å². The summed E-state index contributed by atoms with van der Waals surface area (Å²) in [5, 5.41) is 0. The van der Waals surface area contributed by atoms with Crippen molar-refractivity contribution in [2.24, 2.45) is 10.7 Å². The second-order valence-corrected chi connectivity index (χ2v) is 2.92. The van der Waals surface area contributed by atoms with Crippen LogP contribution in [0, 0.1) is 0 Å². The van der Waals surface area contributed by atoms with E-state index in [1.54, 1.807) is 6.20 Å². The fraction of sp³-hybridized carbons (Fsp3) is 0.300. The van der Waals surface area contributed by atoms with E-state index in [2.05, 4.69) is 18.2 Å². The molecule has 2 nitrogen and oxygen atoms in total. The molecule has 0 amide bonds. The first-order chi connectivity index (χ1) is 5.45. The fourth-order valence-corrected chi connectivity index (χ4v) is 0.536. The summed E-state index contributed by atoms with van der Waals surface area (Å²) in [7, 11) is 0. The van der Waals surface area contributed by atoms with Crippen LogP contribution in [0.25, 0.3) is 0 Å². The van der Waals surface area contributed by atoms with E-state index >= 15 is 0 Å². The summed E-state index contributed by atoms with van der Waals surface area (Å²) in [6.45, 7) is 13.2. The molecule has 0 atom stereocenters. The van der Waals surface area contributed by atoms with Crippen molar-refractivity contribution in [1.29, 1.82) is 0 Å². The first-order valence-electron chi connectivity index (χ1n) is 3.77. The molecule has 0 saturated carbocycles. The summed E-state index contributed by atoms with van der Waals surface area (Å²) in [6.07, 6.45) is 1.78. The number of nitrogens with zero attached hydrogens (tertiary/aromatic N) is 1. The molecule has 0 saturated heterocycles. The normalized spacial score (nSPS) is 10.8. The van der Waals surface area contributed by atoms with Gasteiger partial charge in [-0.3, -0.25) is 4.99 Å². The van der Waals surface area contributed by atoms with Crippen LogP contribution in [-0.2, 0) is 0 Å². The zero-order valence-corrected chi connectivity index (χ0v) is 8.02. The fourth-order valence-electron chi connectivity index (χ4n) is 0.536. The SMILES string of the molecule is C=C(N)C(=C)C(C)=NC=C(C)C. The molecule has 0 aromatic rings. The molecule has 0 aliphatic rings. The Bertz CT molecular complexity index is 253. The van der Waals surface area contributed by atoms with E-state index < -0.39 is 0 Å². The Balaban J connectivity index is 4.49. The third-order valence-corrected chi connectivity index (χ3v) is 1.34. The topological polar surface area (TPSA) is 38.4 Å². The third kappa shape index (κ3) is 3.76. The summed E-state index contributed by atoms with van der Waals surface area (Å²) in [4.78, 5) is 4.16. The van der Waals surface area contributed by atoms with Gasteiger partial charge in [0, 0.05) is 23.2 Å². The maximum absolute atomic E-state index is 5.45. The maximum atomic E-state index is 5.45. The summed E-state index contributed by atoms with van der Waals surface area (Å²) in [5.74, 6) is 0. The molecule has 0 aliphatic heterocycles. The van der Waals surface area contributed by atoms with Gasteiger partial charge in [0.05, 0.1) is 0 Å². The van der Waals surface area contributed by atoms with Gasteiger partial charge in [0.25, 0.3) is 0 Å². The highest BCUT2D eigenvalue weighted by atomic mass is 14.7. The Hall–Kier alpha value is -1.31. The van der Waals surface area contributed by atoms with E-state index in [-0.39, 0.29) is 0 Å². The van der Waals surface area contributed by atoms with Crippen LogP contribution >= 0.6 is 0 Å². The highest BCUT2D eigenvalue weighted by Crippen LogP contribution is 2.02. The summed E-state index contributed by atoms with van der Waals surface area (Å²) in [5.41, 5.74) is 8.57. The lowest BCUT2D eigenvalue weighted by Crippen LogP contribution is -2.05. The Morgan fingerprint density at radius 1 is 1.25 bits per heavy atom. The largest absolute Gasteiger partial charge is 0.399 e. The quantitative estimate of drug-likeness (QED) is 0.505. The predicted octanol–water partition coefficient (Wildman–Crippen LogP) is 2.40. The Labute approximate surface area is 74.2 Å². The lowest BCUT2D eigenvalue weighted by molar-refractivity contribution is 1.32. The number of rotatable bonds is 3. The van der Waals surface area contributed by atoms with Crippen molar-refractivity contribution in [2.45, 2.75) is 20.8 Å². The second-order valence-electron chi connectivity index (χ2n) is 2.92. The van der Waals surface area contributed by atoms with Crippen LogP contribution in [0.5, 0.6) is 0 Å². The molecule has 2 heteroatoms. The predicted molar refractivity (Wildman–Crippen MR) is 55.0 cm³/mol. The molecule has 66 valence electrons. The van der Waals surface area contributed by atoms with E-state index in [0.717, 1.165) is 11.3 Å². The minimum Gasteiger partial charge on any atom is -0.399 e. The molecule has 0 bridgehead atoms. The monoisotopic (exact) mass is 164 g/mol. The molecule has 0 spiro atoms. The van der Waals surface area contributed by atoms with Gasteiger partial charge in [-0.05, 0) is 20.8 Å². The van der Waals surface area contributed by atoms with Gasteiger partial charge in [-0.2, -0.15) is 0 Å². The molecule has 0 aliphatic carbocycles. The van der Waals surface area contributed by atoms with E-state index in [0.29, 0.717) is 11.3 Å². The molecular formula is C10H16N2. The number of nitrogens with two attached hydrogens (primary N) is 1. The van der Waals surface area contributed by atoms with E-state index in [1.807, 2.05) is 20.8 Å². The van der Waals surface area contributed by atoms with Crippen molar-refractivity contribution in [3.05, 3.63) is 36.2 Å². The van der Waals surface area contributed by atoms with Crippen LogP contribution < -0.4 is 5.73 Å². The van der Waals surface area contributed by atoms with Crippen molar-refractivity contribution in [1.82, 2.24) is 0 Å². The highest BCUT2D eigenvalue weighted by Gasteiger charge is 1.97. The van der Waals surface area contributed by atoms with E-state index in [1.165, 1.54) is 0 Å². The van der Waals surface area contributed by atoms with Gasteiger partial charge < -0.3 is 5.73 Å². The molecule has 0 aromatic heterocycles. The lowest BCUT2D eigenvalue weighted by Gasteiger charge is -2.01. The highest BCUT2D eigenvalue weighted by molar-refractivity contribution is 6.01. The van der Waals surface area contributed by atoms with E-state index in [4.69, 9.17) is 5.73 Å². The minimum absolute atomic E-state index is 0.471. The van der Waals surface area contributed by atoms with Crippen LogP contribution in [0.4, 0.5) is 0 Å². The van der Waals surface area contributed by atoms with E-state index in [9.17, 15) is 0 Å². The van der Waals surface area contributed by atoms with Crippen molar-refractivity contribution in [3.8, 4) is 0 Å². The Morgan fingerprint density at radius 2 is 1.75 bits per heavy atom. The smallest absolute Gasteiger partial charge is 0.0459 e. The van der Waals surface area contributed by atoms with Crippen LogP contribution in [0.1, 0.15) is 20.8 Å². The number of aliphatic imine (C=N–C) groups is 1. The summed E-state index contributed by atoms with van der Waals surface area (Å²) in [6, 6.07) is 0. The average Bonchev–Trinajstić information content (AvgIpc) is 1.98. The molecule has 0 rings (SSSR count). The van der Waals surface area contributed by atoms with Crippen LogP contribution in [0.3, 0.4) is 0 Å². The Morgan fingerprint density at radius 3 is 2.08 bits per heavy atom. The first kappa shape index (κ1) is 10.7. The molecule has 0 heterocycles. The molecule has 2 N–H and O–H groups in total. The van der Waals surface area contributed by atoms with Crippen LogP contribution in [0.2, 0.25) is 0 Å². The molecule has 12 heavy (non-hydrogen) atoms. The van der Waals surface area contributed by atoms with Crippen molar-refractivity contribution in [2.75, 3.05) is 0 Å². The first-order valence-corrected chi connectivity index (χ1v) is 3.77. The van der Waals surface area contributed by atoms with Crippen molar-refractivity contribution in [3.63, 3.8) is 0 Å². The molecule has 0 fully saturated rings. The summed E-state index contributed by atoms with van der Waals surface area (Å²) < 4.78 is 0. The molecular weight excluding hydrogens is 148 g/mol. The lowest BCUT2D eigenvalue weighted by atomic mass is 10.1. The molecule has 0 aromatic carbocycles. The van der Waals surface area contributed by atoms with Gasteiger partial charge in [0.2, 0.25) is 0 Å². The van der Waals surface area contributed by atoms with Gasteiger partial charge in [-0.15, -0.1) is 0 Å². The maximum Gasteiger partial charge on any atom is 0.0459 e. The van der Waals surface area contributed by atoms with Gasteiger partial charge >= 0.3 is 0 Å². The number of allylic oxidation sites excluding steroid dienone is 2. The zero-order valence-electron chi connectivity index (χ0n) is 8.02. The second kappa shape index (κ2) is 4.54. The third-order valence-electron chi connectivity index (χ3n) is 1.34. The van der Waals surface area contributed by atoms with Crippen LogP contribution in [0.15, 0.2) is 41.2 Å². The van der Waals surface area contributed by atoms with Gasteiger partial charge in [-0.25, -0.2) is 0 Å². The minimum atomic E-state index is 0.471. The average molecular weight is 164 g/mol. The van der Waals surface area contributed by atoms with Gasteiger partial charge in [-0.1, -0.05) is 18.7 Å². The molecule has 0 unspecified atom stereocenters. The zero-order chi connectivity index (χ0) is 9.72. The van der Waals surface area contributed by atoms with Crippen molar-refractivity contribution < 1.29 is 0 Å². The standard InChI is InChI=1S/C10H16N2/c1-7(2)6-12-10(5)8(3)9(4)11/h6H,3-4,11H2,1-2,5H3. The number of hydrogen-bond donors (Lipinski definition) is 1. The number of hydrogen-bond acceptors (Lipinski definition) is 2. The van der Waals surface area contributed by atoms with Gasteiger partial charge in [0.1, 0.15) is 0 Å². The molecule has 0 radical (unpaired) electrons. The van der Waals surface area contributed by atoms with Gasteiger partial charge in [0.15, 0.2) is 0 Å². The Kier molecular flexibility index (Phi) is 4.05. The van der Waals surface area contributed by atoms with Crippen LogP contribution in [-0.4, -0.2) is 5.71 Å². The summed E-state index contributed by atoms with van der Waals surface area (Å²) >= 11 is 0.